The number of carboxylic acids is 1. The fraction of sp³-hybridized carbons (Fsp3) is 0.923. The van der Waals surface area contributed by atoms with Gasteiger partial charge in [0.15, 0.2) is 0 Å². The summed E-state index contributed by atoms with van der Waals surface area (Å²) < 4.78 is 28.1. The van der Waals surface area contributed by atoms with Crippen LogP contribution >= 0.6 is 0 Å². The molecule has 2 aliphatic rings. The number of hydrogen-bond donors (Lipinski definition) is 2. The van der Waals surface area contributed by atoms with Crippen molar-refractivity contribution in [1.29, 1.82) is 0 Å². The summed E-state index contributed by atoms with van der Waals surface area (Å²) >= 11 is 0. The molecule has 1 heterocycles. The smallest absolute Gasteiger partial charge is 0.322 e. The number of carbonyl (C=O) groups is 1. The van der Waals surface area contributed by atoms with Crippen molar-refractivity contribution in [3.63, 3.8) is 0 Å². The van der Waals surface area contributed by atoms with Gasteiger partial charge in [0.25, 0.3) is 10.2 Å². The van der Waals surface area contributed by atoms with E-state index in [9.17, 15) is 23.4 Å². The lowest BCUT2D eigenvalue weighted by Gasteiger charge is -2.38. The number of piperidine rings is 1. The van der Waals surface area contributed by atoms with Crippen molar-refractivity contribution in [2.24, 2.45) is 0 Å². The molecule has 7 nitrogen and oxygen atoms in total. The summed E-state index contributed by atoms with van der Waals surface area (Å²) in [4.78, 5) is 11.3. The second kappa shape index (κ2) is 7.04. The Morgan fingerprint density at radius 3 is 2.33 bits per heavy atom. The molecule has 0 amide bonds. The summed E-state index contributed by atoms with van der Waals surface area (Å²) in [5, 5.41) is 18.5. The van der Waals surface area contributed by atoms with Crippen LogP contribution in [0.4, 0.5) is 0 Å². The van der Waals surface area contributed by atoms with Gasteiger partial charge in [-0.05, 0) is 32.1 Å². The van der Waals surface area contributed by atoms with E-state index in [1.807, 2.05) is 0 Å². The van der Waals surface area contributed by atoms with Crippen molar-refractivity contribution in [1.82, 2.24) is 8.61 Å². The molecule has 2 rings (SSSR count). The fourth-order valence-corrected chi connectivity index (χ4v) is 5.39. The molecule has 1 atom stereocenters. The number of rotatable bonds is 6. The van der Waals surface area contributed by atoms with Crippen LogP contribution in [0, 0.1) is 0 Å². The molecule has 0 bridgehead atoms. The number of aliphatic hydroxyl groups is 1. The Bertz CT molecular complexity index is 461. The highest BCUT2D eigenvalue weighted by Gasteiger charge is 2.42. The van der Waals surface area contributed by atoms with E-state index in [1.54, 1.807) is 0 Å². The van der Waals surface area contributed by atoms with E-state index < -0.39 is 22.2 Å². The second-order valence-corrected chi connectivity index (χ2v) is 7.57. The first kappa shape index (κ1) is 16.7. The Hall–Kier alpha value is -0.700. The third kappa shape index (κ3) is 3.56. The summed E-state index contributed by atoms with van der Waals surface area (Å²) in [6.45, 7) is 0.0328. The Labute approximate surface area is 125 Å². The maximum atomic E-state index is 12.9. The normalized spacial score (nSPS) is 25.5. The average Bonchev–Trinajstić information content (AvgIpc) is 2.98. The molecule has 0 spiro atoms. The summed E-state index contributed by atoms with van der Waals surface area (Å²) in [6.07, 6.45) is 5.28. The van der Waals surface area contributed by atoms with Crippen LogP contribution in [0.5, 0.6) is 0 Å². The molecule has 2 fully saturated rings. The van der Waals surface area contributed by atoms with Gasteiger partial charge < -0.3 is 10.2 Å². The van der Waals surface area contributed by atoms with E-state index >= 15 is 0 Å². The maximum Gasteiger partial charge on any atom is 0.322 e. The minimum Gasteiger partial charge on any atom is -0.480 e. The highest BCUT2D eigenvalue weighted by Crippen LogP contribution is 2.29. The van der Waals surface area contributed by atoms with Gasteiger partial charge in [0.1, 0.15) is 6.04 Å². The minimum atomic E-state index is -3.84. The molecular formula is C13H24N2O5S. The topological polar surface area (TPSA) is 98.2 Å². The van der Waals surface area contributed by atoms with Gasteiger partial charge >= 0.3 is 5.97 Å². The lowest BCUT2D eigenvalue weighted by Crippen LogP contribution is -2.55. The molecule has 8 heteroatoms. The lowest BCUT2D eigenvalue weighted by molar-refractivity contribution is -0.142. The van der Waals surface area contributed by atoms with Crippen LogP contribution < -0.4 is 0 Å². The third-order valence-electron chi connectivity index (χ3n) is 4.38. The predicted molar refractivity (Wildman–Crippen MR) is 76.9 cm³/mol. The standard InChI is InChI=1S/C13H24N2O5S/c16-10-9-14(11-5-1-2-6-11)21(19,20)15-8-4-3-7-12(15)13(17)18/h11-12,16H,1-10H2,(H,17,18). The summed E-state index contributed by atoms with van der Waals surface area (Å²) in [5.41, 5.74) is 0. The van der Waals surface area contributed by atoms with E-state index in [2.05, 4.69) is 0 Å². The molecule has 21 heavy (non-hydrogen) atoms. The van der Waals surface area contributed by atoms with Crippen LogP contribution in [-0.4, -0.2) is 65.0 Å². The summed E-state index contributed by atoms with van der Waals surface area (Å²) in [5.74, 6) is -1.09. The monoisotopic (exact) mass is 320 g/mol. The molecule has 0 aromatic rings. The highest BCUT2D eigenvalue weighted by molar-refractivity contribution is 7.86. The van der Waals surface area contributed by atoms with Gasteiger partial charge in [-0.15, -0.1) is 0 Å². The van der Waals surface area contributed by atoms with Gasteiger partial charge in [0, 0.05) is 19.1 Å². The van der Waals surface area contributed by atoms with E-state index in [0.717, 1.165) is 36.4 Å². The molecule has 122 valence electrons. The molecule has 1 unspecified atom stereocenters. The van der Waals surface area contributed by atoms with Gasteiger partial charge in [-0.1, -0.05) is 12.8 Å². The van der Waals surface area contributed by atoms with Crippen LogP contribution in [0.3, 0.4) is 0 Å². The van der Waals surface area contributed by atoms with Gasteiger partial charge in [-0.2, -0.15) is 17.0 Å². The lowest BCUT2D eigenvalue weighted by atomic mass is 10.1. The molecule has 0 aromatic carbocycles. The van der Waals surface area contributed by atoms with Crippen molar-refractivity contribution in [3.8, 4) is 0 Å². The van der Waals surface area contributed by atoms with E-state index in [0.29, 0.717) is 12.8 Å². The Morgan fingerprint density at radius 1 is 1.14 bits per heavy atom. The van der Waals surface area contributed by atoms with Gasteiger partial charge in [0.2, 0.25) is 0 Å². The predicted octanol–water partition coefficient (Wildman–Crippen LogP) is 0.407. The maximum absolute atomic E-state index is 12.9. The van der Waals surface area contributed by atoms with Gasteiger partial charge in [-0.25, -0.2) is 0 Å². The first-order valence-electron chi connectivity index (χ1n) is 7.60. The van der Waals surface area contributed by atoms with Gasteiger partial charge in [0.05, 0.1) is 6.61 Å². The van der Waals surface area contributed by atoms with Crippen LogP contribution in [0.25, 0.3) is 0 Å². The number of aliphatic hydroxyl groups excluding tert-OH is 1. The number of nitrogens with zero attached hydrogens (tertiary/aromatic N) is 2. The van der Waals surface area contributed by atoms with E-state index in [4.69, 9.17) is 0 Å². The van der Waals surface area contributed by atoms with Crippen LogP contribution in [0.1, 0.15) is 44.9 Å². The molecule has 0 aromatic heterocycles. The quantitative estimate of drug-likeness (QED) is 0.738. The van der Waals surface area contributed by atoms with Crippen LogP contribution in [-0.2, 0) is 15.0 Å². The van der Waals surface area contributed by atoms with Gasteiger partial charge in [-0.3, -0.25) is 4.79 Å². The SMILES string of the molecule is O=C(O)C1CCCCN1S(=O)(=O)N(CCO)C1CCCC1. The fourth-order valence-electron chi connectivity index (χ4n) is 3.34. The second-order valence-electron chi connectivity index (χ2n) is 5.74. The number of aliphatic carboxylic acids is 1. The van der Waals surface area contributed by atoms with Crippen molar-refractivity contribution in [2.45, 2.75) is 57.0 Å². The molecule has 0 radical (unpaired) electrons. The van der Waals surface area contributed by atoms with Crippen LogP contribution in [0.15, 0.2) is 0 Å². The van der Waals surface area contributed by atoms with E-state index in [1.165, 1.54) is 4.31 Å². The zero-order valence-electron chi connectivity index (χ0n) is 12.1. The van der Waals surface area contributed by atoms with Crippen LogP contribution in [0.2, 0.25) is 0 Å². The molecule has 1 saturated carbocycles. The number of hydrogen-bond acceptors (Lipinski definition) is 4. The Morgan fingerprint density at radius 2 is 1.76 bits per heavy atom. The average molecular weight is 320 g/mol. The molecule has 1 aliphatic heterocycles. The third-order valence-corrected chi connectivity index (χ3v) is 6.49. The first-order valence-corrected chi connectivity index (χ1v) is 9.00. The highest BCUT2D eigenvalue weighted by atomic mass is 32.2. The molecule has 1 saturated heterocycles. The molecular weight excluding hydrogens is 296 g/mol. The molecule has 2 N–H and O–H groups in total. The first-order chi connectivity index (χ1) is 9.98. The summed E-state index contributed by atoms with van der Waals surface area (Å²) in [6, 6.07) is -1.09. The number of carboxylic acid groups (broad SMARTS) is 1. The van der Waals surface area contributed by atoms with E-state index in [-0.39, 0.29) is 25.7 Å². The zero-order chi connectivity index (χ0) is 15.5. The van der Waals surface area contributed by atoms with Crippen molar-refractivity contribution < 1.29 is 23.4 Å². The zero-order valence-corrected chi connectivity index (χ0v) is 13.0. The Kier molecular flexibility index (Phi) is 5.59. The Balaban J connectivity index is 2.25. The minimum absolute atomic E-state index is 0.0375. The largest absolute Gasteiger partial charge is 0.480 e. The molecule has 1 aliphatic carbocycles. The van der Waals surface area contributed by atoms with Crippen molar-refractivity contribution >= 4 is 16.2 Å². The summed E-state index contributed by atoms with van der Waals surface area (Å²) in [7, 11) is -3.84. The van der Waals surface area contributed by atoms with Crippen molar-refractivity contribution in [3.05, 3.63) is 0 Å². The van der Waals surface area contributed by atoms with Crippen molar-refractivity contribution in [2.75, 3.05) is 19.7 Å².